The topological polar surface area (TPSA) is 61.4 Å². The Balaban J connectivity index is 1.84. The number of carbonyl (C=O) groups is 1. The third kappa shape index (κ3) is 2.45. The van der Waals surface area contributed by atoms with Crippen LogP contribution in [0.3, 0.4) is 0 Å². The minimum Gasteiger partial charge on any atom is -0.508 e. The first-order valence-corrected chi connectivity index (χ1v) is 6.70. The molecule has 20 heavy (non-hydrogen) atoms. The predicted molar refractivity (Wildman–Crippen MR) is 79.3 cm³/mol. The highest BCUT2D eigenvalue weighted by Crippen LogP contribution is 2.30. The van der Waals surface area contributed by atoms with Crippen molar-refractivity contribution >= 4 is 17.3 Å². The Morgan fingerprint density at radius 1 is 1.15 bits per heavy atom. The third-order valence-corrected chi connectivity index (χ3v) is 3.45. The van der Waals surface area contributed by atoms with Crippen molar-refractivity contribution in [2.45, 2.75) is 12.8 Å². The summed E-state index contributed by atoms with van der Waals surface area (Å²) in [6.07, 6.45) is 2.15. The van der Waals surface area contributed by atoms with Crippen molar-refractivity contribution in [2.24, 2.45) is 0 Å². The number of anilines is 2. The molecule has 1 amide bonds. The van der Waals surface area contributed by atoms with Crippen molar-refractivity contribution in [2.75, 3.05) is 17.2 Å². The van der Waals surface area contributed by atoms with Gasteiger partial charge in [0.2, 0.25) is 0 Å². The summed E-state index contributed by atoms with van der Waals surface area (Å²) >= 11 is 0. The van der Waals surface area contributed by atoms with E-state index in [0.29, 0.717) is 5.56 Å². The van der Waals surface area contributed by atoms with E-state index in [1.54, 1.807) is 12.1 Å². The first kappa shape index (κ1) is 12.5. The minimum atomic E-state index is -0.175. The molecule has 0 aliphatic carbocycles. The molecule has 1 heterocycles. The highest BCUT2D eigenvalue weighted by Gasteiger charge is 2.14. The molecule has 3 rings (SSSR count). The van der Waals surface area contributed by atoms with Gasteiger partial charge in [-0.3, -0.25) is 4.79 Å². The van der Waals surface area contributed by atoms with E-state index >= 15 is 0 Å². The summed E-state index contributed by atoms with van der Waals surface area (Å²) in [5.41, 5.74) is 3.59. The van der Waals surface area contributed by atoms with Gasteiger partial charge in [-0.1, -0.05) is 12.1 Å². The first-order chi connectivity index (χ1) is 9.74. The molecule has 0 radical (unpaired) electrons. The fourth-order valence-electron chi connectivity index (χ4n) is 2.42. The fourth-order valence-corrected chi connectivity index (χ4v) is 2.42. The lowest BCUT2D eigenvalue weighted by Crippen LogP contribution is -2.17. The first-order valence-electron chi connectivity index (χ1n) is 6.70. The van der Waals surface area contributed by atoms with Gasteiger partial charge in [0.05, 0.1) is 11.4 Å². The van der Waals surface area contributed by atoms with Crippen molar-refractivity contribution in [3.63, 3.8) is 0 Å². The summed E-state index contributed by atoms with van der Waals surface area (Å²) in [7, 11) is 0. The van der Waals surface area contributed by atoms with Crippen molar-refractivity contribution in [3.05, 3.63) is 53.6 Å². The van der Waals surface area contributed by atoms with Crippen LogP contribution < -0.4 is 10.6 Å². The quantitative estimate of drug-likeness (QED) is 0.784. The molecule has 0 saturated carbocycles. The average molecular weight is 268 g/mol. The van der Waals surface area contributed by atoms with Crippen LogP contribution in [0.1, 0.15) is 22.3 Å². The third-order valence-electron chi connectivity index (χ3n) is 3.45. The molecule has 0 aromatic heterocycles. The number of carbonyl (C=O) groups excluding carboxylic acids is 1. The maximum absolute atomic E-state index is 12.2. The van der Waals surface area contributed by atoms with Crippen LogP contribution in [0.5, 0.6) is 5.75 Å². The Kier molecular flexibility index (Phi) is 3.29. The molecule has 0 spiro atoms. The second kappa shape index (κ2) is 5.25. The van der Waals surface area contributed by atoms with Crippen LogP contribution in [0.2, 0.25) is 0 Å². The fraction of sp³-hybridized carbons (Fsp3) is 0.188. The van der Waals surface area contributed by atoms with Gasteiger partial charge < -0.3 is 15.7 Å². The summed E-state index contributed by atoms with van der Waals surface area (Å²) < 4.78 is 0. The predicted octanol–water partition coefficient (Wildman–Crippen LogP) is 3.00. The molecular weight excluding hydrogens is 252 g/mol. The van der Waals surface area contributed by atoms with Gasteiger partial charge in [0, 0.05) is 12.1 Å². The maximum atomic E-state index is 12.2. The summed E-state index contributed by atoms with van der Waals surface area (Å²) in [6.45, 7) is 0.930. The standard InChI is InChI=1S/C16H16N2O2/c19-13-8-6-12(7-9-13)16(20)18-14-5-1-3-11-4-2-10-17-15(11)14/h1,3,5-9,17,19H,2,4,10H2,(H,18,20). The molecule has 0 fully saturated rings. The van der Waals surface area contributed by atoms with Crippen LogP contribution >= 0.6 is 0 Å². The number of fused-ring (bicyclic) bond motifs is 1. The number of hydrogen-bond acceptors (Lipinski definition) is 3. The lowest BCUT2D eigenvalue weighted by atomic mass is 10.0. The van der Waals surface area contributed by atoms with E-state index in [2.05, 4.69) is 16.7 Å². The Morgan fingerprint density at radius 2 is 1.95 bits per heavy atom. The normalized spacial score (nSPS) is 13.2. The van der Waals surface area contributed by atoms with Gasteiger partial charge in [-0.15, -0.1) is 0 Å². The summed E-state index contributed by atoms with van der Waals surface area (Å²) in [5, 5.41) is 15.5. The molecule has 0 saturated heterocycles. The van der Waals surface area contributed by atoms with E-state index in [0.717, 1.165) is 30.8 Å². The monoisotopic (exact) mass is 268 g/mol. The smallest absolute Gasteiger partial charge is 0.255 e. The Morgan fingerprint density at radius 3 is 2.75 bits per heavy atom. The number of aromatic hydroxyl groups is 1. The SMILES string of the molecule is O=C(Nc1cccc2c1NCCC2)c1ccc(O)cc1. The number of benzene rings is 2. The van der Waals surface area contributed by atoms with Gasteiger partial charge in [-0.05, 0) is 48.7 Å². The number of rotatable bonds is 2. The molecule has 0 atom stereocenters. The molecule has 102 valence electrons. The second-order valence-corrected chi connectivity index (χ2v) is 4.87. The van der Waals surface area contributed by atoms with E-state index < -0.39 is 0 Å². The zero-order valence-corrected chi connectivity index (χ0v) is 11.0. The lowest BCUT2D eigenvalue weighted by molar-refractivity contribution is 0.102. The van der Waals surface area contributed by atoms with Gasteiger partial charge in [0.1, 0.15) is 5.75 Å². The number of amides is 1. The van der Waals surface area contributed by atoms with E-state index in [9.17, 15) is 9.90 Å². The molecule has 4 nitrogen and oxygen atoms in total. The summed E-state index contributed by atoms with van der Waals surface area (Å²) in [5.74, 6) is -0.0221. The van der Waals surface area contributed by atoms with Crippen molar-refractivity contribution < 1.29 is 9.90 Å². The van der Waals surface area contributed by atoms with E-state index in [-0.39, 0.29) is 11.7 Å². The minimum absolute atomic E-state index is 0.153. The largest absolute Gasteiger partial charge is 0.508 e. The molecule has 0 unspecified atom stereocenters. The van der Waals surface area contributed by atoms with Gasteiger partial charge in [-0.25, -0.2) is 0 Å². The molecule has 0 bridgehead atoms. The van der Waals surface area contributed by atoms with Crippen LogP contribution in [-0.4, -0.2) is 17.6 Å². The number of hydrogen-bond donors (Lipinski definition) is 3. The zero-order valence-electron chi connectivity index (χ0n) is 11.0. The maximum Gasteiger partial charge on any atom is 0.255 e. The number of phenols is 1. The van der Waals surface area contributed by atoms with Crippen molar-refractivity contribution in [1.29, 1.82) is 0 Å². The van der Waals surface area contributed by atoms with Crippen molar-refractivity contribution in [1.82, 2.24) is 0 Å². The molecule has 4 heteroatoms. The Hall–Kier alpha value is -2.49. The lowest BCUT2D eigenvalue weighted by Gasteiger charge is -2.21. The van der Waals surface area contributed by atoms with Gasteiger partial charge >= 0.3 is 0 Å². The Bertz CT molecular complexity index is 635. The number of para-hydroxylation sites is 1. The van der Waals surface area contributed by atoms with Gasteiger partial charge in [0.25, 0.3) is 5.91 Å². The zero-order chi connectivity index (χ0) is 13.9. The number of phenolic OH excluding ortho intramolecular Hbond substituents is 1. The molecule has 1 aliphatic rings. The molecule has 1 aliphatic heterocycles. The van der Waals surface area contributed by atoms with Crippen LogP contribution in [0.15, 0.2) is 42.5 Å². The van der Waals surface area contributed by atoms with Crippen molar-refractivity contribution in [3.8, 4) is 5.75 Å². The van der Waals surface area contributed by atoms with Gasteiger partial charge in [-0.2, -0.15) is 0 Å². The van der Waals surface area contributed by atoms with E-state index in [1.807, 2.05) is 12.1 Å². The molecule has 2 aromatic rings. The van der Waals surface area contributed by atoms with Crippen LogP contribution in [0.4, 0.5) is 11.4 Å². The van der Waals surface area contributed by atoms with E-state index in [4.69, 9.17) is 0 Å². The highest BCUT2D eigenvalue weighted by molar-refractivity contribution is 6.06. The van der Waals surface area contributed by atoms with Crippen LogP contribution in [0, 0.1) is 0 Å². The molecule has 2 aromatic carbocycles. The second-order valence-electron chi connectivity index (χ2n) is 4.87. The van der Waals surface area contributed by atoms with Gasteiger partial charge in [0.15, 0.2) is 0 Å². The highest BCUT2D eigenvalue weighted by atomic mass is 16.3. The van der Waals surface area contributed by atoms with E-state index in [1.165, 1.54) is 17.7 Å². The molecular formula is C16H16N2O2. The summed E-state index contributed by atoms with van der Waals surface area (Å²) in [6, 6.07) is 12.2. The van der Waals surface area contributed by atoms with Crippen LogP contribution in [0.25, 0.3) is 0 Å². The number of nitrogens with one attached hydrogen (secondary N) is 2. The molecule has 3 N–H and O–H groups in total. The Labute approximate surface area is 117 Å². The average Bonchev–Trinajstić information content (AvgIpc) is 2.48. The summed E-state index contributed by atoms with van der Waals surface area (Å²) in [4.78, 5) is 12.2. The number of aryl methyl sites for hydroxylation is 1. The van der Waals surface area contributed by atoms with Crippen LogP contribution in [-0.2, 0) is 6.42 Å².